The molecule has 0 aromatic carbocycles. The van der Waals surface area contributed by atoms with Gasteiger partial charge in [-0.2, -0.15) is 0 Å². The van der Waals surface area contributed by atoms with Crippen LogP contribution >= 0.6 is 0 Å². The lowest BCUT2D eigenvalue weighted by atomic mass is 9.53. The number of fused-ring (bicyclic) bond motifs is 7. The summed E-state index contributed by atoms with van der Waals surface area (Å²) in [5.74, 6) is -2.16. The minimum Gasteiger partial charge on any atom is -0.465 e. The summed E-state index contributed by atoms with van der Waals surface area (Å²) in [7, 11) is 0. The van der Waals surface area contributed by atoms with Gasteiger partial charge in [-0.15, -0.1) is 0 Å². The second kappa shape index (κ2) is 17.9. The van der Waals surface area contributed by atoms with Crippen LogP contribution in [0.15, 0.2) is 0 Å². The molecule has 0 aromatic rings. The van der Waals surface area contributed by atoms with Crippen molar-refractivity contribution < 1.29 is 47.7 Å². The van der Waals surface area contributed by atoms with Gasteiger partial charge in [-0.05, 0) is 139 Å². The summed E-state index contributed by atoms with van der Waals surface area (Å²) in [5, 5.41) is 0. The van der Waals surface area contributed by atoms with Crippen molar-refractivity contribution in [1.82, 2.24) is 0 Å². The fourth-order valence-corrected chi connectivity index (χ4v) is 14.8. The number of ether oxygens (including phenoxy) is 4. The Hall–Kier alpha value is -2.78. The lowest BCUT2D eigenvalue weighted by Gasteiger charge is -2.55. The SMILES string of the molecule is C.C.C.C.C.C.C.C.CC1C(=O)OC(=O)C1C(C)(CC1C2CC(CC2C(=O)OC(C)(C)C)C1C1C(C)C2CC1C1COC(=O)C21)C(=O)OC12CC3CC(C1)C(=O)C(C3)C2. The summed E-state index contributed by atoms with van der Waals surface area (Å²) in [5.41, 5.74) is -2.77. The second-order valence-electron chi connectivity index (χ2n) is 20.0. The molecule has 0 aromatic heterocycles. The molecule has 0 amide bonds. The summed E-state index contributed by atoms with van der Waals surface area (Å²) in [6, 6.07) is 0. The van der Waals surface area contributed by atoms with Gasteiger partial charge in [0, 0.05) is 17.8 Å². The van der Waals surface area contributed by atoms with E-state index in [1.807, 2.05) is 20.8 Å². The fourth-order valence-electron chi connectivity index (χ4n) is 14.8. The Balaban J connectivity index is 0.00000218. The first-order valence-corrected chi connectivity index (χ1v) is 19.9. The molecule has 0 N–H and O–H groups in total. The summed E-state index contributed by atoms with van der Waals surface area (Å²) >= 11 is 0. The van der Waals surface area contributed by atoms with Crippen molar-refractivity contribution in [3.05, 3.63) is 0 Å². The molecular formula is C49H86O10. The predicted molar refractivity (Wildman–Crippen MR) is 232 cm³/mol. The third kappa shape index (κ3) is 7.95. The van der Waals surface area contributed by atoms with E-state index in [1.54, 1.807) is 13.8 Å². The predicted octanol–water partition coefficient (Wildman–Crippen LogP) is 10.4. The van der Waals surface area contributed by atoms with Gasteiger partial charge in [0.25, 0.3) is 0 Å². The van der Waals surface area contributed by atoms with Crippen molar-refractivity contribution in [3.63, 3.8) is 0 Å². The van der Waals surface area contributed by atoms with Crippen molar-refractivity contribution in [2.24, 2.45) is 100 Å². The van der Waals surface area contributed by atoms with Crippen LogP contribution in [0.5, 0.6) is 0 Å². The zero-order valence-corrected chi connectivity index (χ0v) is 30.9. The molecule has 10 heteroatoms. The van der Waals surface area contributed by atoms with Gasteiger partial charge in [0.05, 0.1) is 35.7 Å². The largest absolute Gasteiger partial charge is 0.465 e. The zero-order chi connectivity index (χ0) is 36.1. The third-order valence-corrected chi connectivity index (χ3v) is 16.3. The van der Waals surface area contributed by atoms with E-state index in [4.69, 9.17) is 18.9 Å². The van der Waals surface area contributed by atoms with E-state index in [0.717, 1.165) is 38.5 Å². The number of ketones is 1. The highest BCUT2D eigenvalue weighted by Crippen LogP contribution is 2.70. The Morgan fingerprint density at radius 1 is 0.712 bits per heavy atom. The molecule has 8 bridgehead atoms. The minimum atomic E-state index is -1.39. The third-order valence-electron chi connectivity index (χ3n) is 16.3. The Morgan fingerprint density at radius 3 is 1.88 bits per heavy atom. The highest BCUT2D eigenvalue weighted by Gasteiger charge is 2.69. The van der Waals surface area contributed by atoms with E-state index >= 15 is 4.79 Å². The van der Waals surface area contributed by atoms with Gasteiger partial charge < -0.3 is 18.9 Å². The van der Waals surface area contributed by atoms with Gasteiger partial charge in [-0.25, -0.2) is 0 Å². The molecule has 10 rings (SSSR count). The number of rotatable bonds is 7. The quantitative estimate of drug-likeness (QED) is 0.138. The average Bonchev–Trinajstić information content (AvgIpc) is 3.87. The molecule has 10 aliphatic rings. The molecule has 2 saturated heterocycles. The highest BCUT2D eigenvalue weighted by atomic mass is 16.6. The van der Waals surface area contributed by atoms with Crippen molar-refractivity contribution >= 4 is 35.6 Å². The van der Waals surface area contributed by atoms with Crippen LogP contribution in [0.4, 0.5) is 0 Å². The van der Waals surface area contributed by atoms with Crippen LogP contribution in [-0.4, -0.2) is 53.4 Å². The zero-order valence-electron chi connectivity index (χ0n) is 30.9. The minimum absolute atomic E-state index is 0. The molecule has 0 radical (unpaired) electrons. The maximum atomic E-state index is 15.0. The molecule has 8 aliphatic carbocycles. The van der Waals surface area contributed by atoms with E-state index in [9.17, 15) is 24.0 Å². The Kier molecular flexibility index (Phi) is 16.5. The number of Topliss-reactive ketones (excluding diaryl/α,β-unsaturated/α-hetero) is 1. The molecule has 16 atom stereocenters. The van der Waals surface area contributed by atoms with E-state index in [1.165, 1.54) is 0 Å². The maximum absolute atomic E-state index is 15.0. The molecule has 0 spiro atoms. The lowest BCUT2D eigenvalue weighted by Crippen LogP contribution is -2.58. The van der Waals surface area contributed by atoms with Crippen molar-refractivity contribution in [3.8, 4) is 0 Å². The number of carbonyl (C=O) groups is 6. The molecule has 2 aliphatic heterocycles. The van der Waals surface area contributed by atoms with Crippen LogP contribution < -0.4 is 0 Å². The van der Waals surface area contributed by atoms with Gasteiger partial charge in [0.2, 0.25) is 0 Å². The molecule has 10 nitrogen and oxygen atoms in total. The molecule has 342 valence electrons. The van der Waals surface area contributed by atoms with E-state index in [-0.39, 0.29) is 136 Å². The topological polar surface area (TPSA) is 139 Å². The van der Waals surface area contributed by atoms with Gasteiger partial charge in [0.1, 0.15) is 17.0 Å². The Bertz CT molecular complexity index is 1580. The van der Waals surface area contributed by atoms with Crippen LogP contribution in [0.2, 0.25) is 0 Å². The summed E-state index contributed by atoms with van der Waals surface area (Å²) < 4.78 is 23.5. The first-order valence-electron chi connectivity index (χ1n) is 19.9. The molecule has 2 heterocycles. The van der Waals surface area contributed by atoms with Crippen LogP contribution in [-0.2, 0) is 47.7 Å². The first-order chi connectivity index (χ1) is 24.0. The standard InChI is InChI=1S/C41H54O10.8CH4/c1-17-23-11-25(28-16-48-36(45)31(23)28)29(17)30-20-9-24(26(10-20)35(44)50-39(3,4)5)27(30)15-40(6,32-18(2)34(43)49-37(32)46)38(47)51-41-12-19-7-21(13-41)33(42)22(8-19)14-41;;;;;;;;/h17-32H,7-16H2,1-6H3;8*1H4. The molecule has 10 fully saturated rings. The van der Waals surface area contributed by atoms with Crippen LogP contribution in [0.25, 0.3) is 0 Å². The van der Waals surface area contributed by atoms with Gasteiger partial charge in [-0.1, -0.05) is 73.3 Å². The summed E-state index contributed by atoms with van der Waals surface area (Å²) in [4.78, 5) is 81.3. The molecular weight excluding hydrogens is 749 g/mol. The normalized spacial score (nSPS) is 43.2. The lowest BCUT2D eigenvalue weighted by molar-refractivity contribution is -0.203. The number of hydrogen-bond donors (Lipinski definition) is 0. The van der Waals surface area contributed by atoms with Gasteiger partial charge >= 0.3 is 29.8 Å². The Labute approximate surface area is 359 Å². The van der Waals surface area contributed by atoms with Gasteiger partial charge in [0.15, 0.2) is 0 Å². The average molecular weight is 835 g/mol. The molecule has 8 saturated carbocycles. The van der Waals surface area contributed by atoms with Crippen LogP contribution in [0.3, 0.4) is 0 Å². The number of hydrogen-bond acceptors (Lipinski definition) is 10. The van der Waals surface area contributed by atoms with E-state index < -0.39 is 46.4 Å². The second-order valence-corrected chi connectivity index (χ2v) is 20.0. The maximum Gasteiger partial charge on any atom is 0.318 e. The van der Waals surface area contributed by atoms with E-state index in [0.29, 0.717) is 49.4 Å². The van der Waals surface area contributed by atoms with Gasteiger partial charge in [-0.3, -0.25) is 28.8 Å². The molecule has 16 unspecified atom stereocenters. The summed E-state index contributed by atoms with van der Waals surface area (Å²) in [6.07, 6.45) is 6.34. The van der Waals surface area contributed by atoms with Crippen molar-refractivity contribution in [2.75, 3.05) is 6.61 Å². The fraction of sp³-hybridized carbons (Fsp3) is 0.878. The van der Waals surface area contributed by atoms with Crippen LogP contribution in [0, 0.1) is 100 Å². The monoisotopic (exact) mass is 835 g/mol. The van der Waals surface area contributed by atoms with Crippen molar-refractivity contribution in [1.29, 1.82) is 0 Å². The number of cyclic esters (lactones) is 3. The first kappa shape index (κ1) is 54.2. The molecule has 59 heavy (non-hydrogen) atoms. The summed E-state index contributed by atoms with van der Waals surface area (Å²) in [6.45, 7) is 11.9. The van der Waals surface area contributed by atoms with Crippen LogP contribution in [0.1, 0.15) is 159 Å². The van der Waals surface area contributed by atoms with E-state index in [2.05, 4.69) is 6.92 Å². The smallest absolute Gasteiger partial charge is 0.318 e. The Morgan fingerprint density at radius 2 is 1.32 bits per heavy atom. The number of carbonyl (C=O) groups excluding carboxylic acids is 6. The highest BCUT2D eigenvalue weighted by molar-refractivity contribution is 5.99. The van der Waals surface area contributed by atoms with Crippen molar-refractivity contribution in [2.45, 2.75) is 170 Å². The number of esters is 5.